The average molecular weight is 254 g/mol. The van der Waals surface area contributed by atoms with E-state index in [9.17, 15) is 4.39 Å². The van der Waals surface area contributed by atoms with E-state index >= 15 is 0 Å². The maximum Gasteiger partial charge on any atom is 0.123 e. The molecule has 0 radical (unpaired) electrons. The van der Waals surface area contributed by atoms with Crippen LogP contribution in [0.5, 0.6) is 5.75 Å². The van der Waals surface area contributed by atoms with Gasteiger partial charge in [0.2, 0.25) is 0 Å². The Morgan fingerprint density at radius 2 is 2.11 bits per heavy atom. The van der Waals surface area contributed by atoms with Crippen molar-refractivity contribution in [3.63, 3.8) is 0 Å². The van der Waals surface area contributed by atoms with Crippen molar-refractivity contribution in [2.75, 3.05) is 20.2 Å². The van der Waals surface area contributed by atoms with Crippen LogP contribution in [0.2, 0.25) is 0 Å². The second-order valence-electron chi connectivity index (χ2n) is 5.34. The molecule has 0 amide bonds. The summed E-state index contributed by atoms with van der Waals surface area (Å²) in [6.45, 7) is 7.51. The highest BCUT2D eigenvalue weighted by Crippen LogP contribution is 2.31. The van der Waals surface area contributed by atoms with E-state index < -0.39 is 0 Å². The minimum atomic E-state index is -0.244. The van der Waals surface area contributed by atoms with Gasteiger partial charge in [0.25, 0.3) is 0 Å². The summed E-state index contributed by atoms with van der Waals surface area (Å²) in [5, 5.41) is 3.29. The van der Waals surface area contributed by atoms with E-state index in [1.807, 2.05) is 6.92 Å². The van der Waals surface area contributed by atoms with E-state index in [2.05, 4.69) is 19.2 Å². The van der Waals surface area contributed by atoms with Crippen molar-refractivity contribution in [3.8, 4) is 5.75 Å². The second-order valence-corrected chi connectivity index (χ2v) is 5.34. The monoisotopic (exact) mass is 254 g/mol. The molecule has 1 atom stereocenters. The molecule has 1 unspecified atom stereocenters. The van der Waals surface area contributed by atoms with Crippen LogP contribution >= 0.6 is 0 Å². The molecule has 0 spiro atoms. The molecule has 0 fully saturated rings. The summed E-state index contributed by atoms with van der Waals surface area (Å²) in [5.41, 5.74) is 6.34. The summed E-state index contributed by atoms with van der Waals surface area (Å²) < 4.78 is 18.7. The Balaban J connectivity index is 2.85. The van der Waals surface area contributed by atoms with Gasteiger partial charge in [0.15, 0.2) is 0 Å². The summed E-state index contributed by atoms with van der Waals surface area (Å²) in [4.78, 5) is 0. The molecule has 0 saturated heterocycles. The zero-order valence-electron chi connectivity index (χ0n) is 11.6. The normalized spacial score (nSPS) is 13.4. The molecule has 0 heterocycles. The SMILES string of the molecule is COc1ccc(F)cc1C(C)(C)CNCC(C)N. The topological polar surface area (TPSA) is 47.3 Å². The molecule has 0 saturated carbocycles. The molecular weight excluding hydrogens is 231 g/mol. The Labute approximate surface area is 109 Å². The molecule has 3 nitrogen and oxygen atoms in total. The lowest BCUT2D eigenvalue weighted by Gasteiger charge is -2.28. The average Bonchev–Trinajstić information content (AvgIpc) is 2.28. The molecule has 1 aromatic rings. The van der Waals surface area contributed by atoms with Crippen molar-refractivity contribution in [3.05, 3.63) is 29.6 Å². The number of hydrogen-bond donors (Lipinski definition) is 2. The lowest BCUT2D eigenvalue weighted by atomic mass is 9.83. The fourth-order valence-corrected chi connectivity index (χ4v) is 1.92. The maximum absolute atomic E-state index is 13.4. The number of nitrogens with one attached hydrogen (secondary N) is 1. The molecule has 102 valence electrons. The number of ether oxygens (including phenoxy) is 1. The third kappa shape index (κ3) is 3.96. The lowest BCUT2D eigenvalue weighted by molar-refractivity contribution is 0.382. The van der Waals surface area contributed by atoms with Crippen molar-refractivity contribution >= 4 is 0 Å². The van der Waals surface area contributed by atoms with E-state index in [4.69, 9.17) is 10.5 Å². The van der Waals surface area contributed by atoms with Crippen LogP contribution in [0.25, 0.3) is 0 Å². The van der Waals surface area contributed by atoms with Crippen LogP contribution < -0.4 is 15.8 Å². The fraction of sp³-hybridized carbons (Fsp3) is 0.571. The van der Waals surface area contributed by atoms with Gasteiger partial charge >= 0.3 is 0 Å². The molecule has 4 heteroatoms. The predicted octanol–water partition coefficient (Wildman–Crippen LogP) is 2.05. The zero-order valence-corrected chi connectivity index (χ0v) is 11.6. The van der Waals surface area contributed by atoms with Crippen molar-refractivity contribution in [1.82, 2.24) is 5.32 Å². The quantitative estimate of drug-likeness (QED) is 0.817. The van der Waals surface area contributed by atoms with Crippen LogP contribution in [0.3, 0.4) is 0 Å². The Morgan fingerprint density at radius 3 is 2.67 bits per heavy atom. The van der Waals surface area contributed by atoms with E-state index in [1.165, 1.54) is 12.1 Å². The van der Waals surface area contributed by atoms with Crippen molar-refractivity contribution in [1.29, 1.82) is 0 Å². The molecule has 0 aliphatic carbocycles. The molecule has 0 aliphatic heterocycles. The Morgan fingerprint density at radius 1 is 1.44 bits per heavy atom. The first kappa shape index (κ1) is 14.9. The smallest absolute Gasteiger partial charge is 0.123 e. The highest BCUT2D eigenvalue weighted by atomic mass is 19.1. The number of rotatable bonds is 6. The van der Waals surface area contributed by atoms with Crippen LogP contribution in [-0.2, 0) is 5.41 Å². The van der Waals surface area contributed by atoms with Crippen LogP contribution in [0.15, 0.2) is 18.2 Å². The van der Waals surface area contributed by atoms with Gasteiger partial charge in [-0.05, 0) is 25.1 Å². The largest absolute Gasteiger partial charge is 0.496 e. The maximum atomic E-state index is 13.4. The third-order valence-corrected chi connectivity index (χ3v) is 2.92. The molecule has 1 rings (SSSR count). The van der Waals surface area contributed by atoms with Gasteiger partial charge in [-0.1, -0.05) is 13.8 Å². The van der Waals surface area contributed by atoms with Crippen LogP contribution in [0, 0.1) is 5.82 Å². The highest BCUT2D eigenvalue weighted by Gasteiger charge is 2.24. The van der Waals surface area contributed by atoms with Crippen molar-refractivity contribution < 1.29 is 9.13 Å². The van der Waals surface area contributed by atoms with Gasteiger partial charge in [-0.2, -0.15) is 0 Å². The molecule has 0 aliphatic rings. The van der Waals surface area contributed by atoms with Crippen molar-refractivity contribution in [2.45, 2.75) is 32.2 Å². The molecule has 18 heavy (non-hydrogen) atoms. The molecule has 3 N–H and O–H groups in total. The van der Waals surface area contributed by atoms with Gasteiger partial charge in [0.05, 0.1) is 7.11 Å². The first-order chi connectivity index (χ1) is 8.36. The second kappa shape index (κ2) is 6.16. The summed E-state index contributed by atoms with van der Waals surface area (Å²) in [6, 6.07) is 4.72. The van der Waals surface area contributed by atoms with Crippen LogP contribution in [0.4, 0.5) is 4.39 Å². The first-order valence-corrected chi connectivity index (χ1v) is 6.17. The van der Waals surface area contributed by atoms with Gasteiger partial charge < -0.3 is 15.8 Å². The van der Waals surface area contributed by atoms with Crippen molar-refractivity contribution in [2.24, 2.45) is 5.73 Å². The zero-order chi connectivity index (χ0) is 13.8. The summed E-state index contributed by atoms with van der Waals surface area (Å²) >= 11 is 0. The Hall–Kier alpha value is -1.13. The highest BCUT2D eigenvalue weighted by molar-refractivity contribution is 5.39. The first-order valence-electron chi connectivity index (χ1n) is 6.17. The van der Waals surface area contributed by atoms with Gasteiger partial charge in [-0.25, -0.2) is 4.39 Å². The lowest BCUT2D eigenvalue weighted by Crippen LogP contribution is -2.39. The summed E-state index contributed by atoms with van der Waals surface area (Å²) in [5.74, 6) is 0.468. The van der Waals surface area contributed by atoms with Crippen LogP contribution in [-0.4, -0.2) is 26.2 Å². The number of hydrogen-bond acceptors (Lipinski definition) is 3. The Kier molecular flexibility index (Phi) is 5.11. The van der Waals surface area contributed by atoms with Gasteiger partial charge in [-0.3, -0.25) is 0 Å². The molecule has 0 aromatic heterocycles. The summed E-state index contributed by atoms with van der Waals surface area (Å²) in [6.07, 6.45) is 0. The number of methoxy groups -OCH3 is 1. The van der Waals surface area contributed by atoms with E-state index in [-0.39, 0.29) is 17.3 Å². The molecule has 1 aromatic carbocycles. The fourth-order valence-electron chi connectivity index (χ4n) is 1.92. The standard InChI is InChI=1S/C14H23FN2O/c1-10(16)8-17-9-14(2,3)12-7-11(15)5-6-13(12)18-4/h5-7,10,17H,8-9,16H2,1-4H3. The number of nitrogens with two attached hydrogens (primary N) is 1. The Bertz CT molecular complexity index is 391. The van der Waals surface area contributed by atoms with Gasteiger partial charge in [0.1, 0.15) is 11.6 Å². The minimum absolute atomic E-state index is 0.107. The van der Waals surface area contributed by atoms with Gasteiger partial charge in [-0.15, -0.1) is 0 Å². The molecular formula is C14H23FN2O. The third-order valence-electron chi connectivity index (χ3n) is 2.92. The predicted molar refractivity (Wildman–Crippen MR) is 72.5 cm³/mol. The van der Waals surface area contributed by atoms with Gasteiger partial charge in [0, 0.05) is 30.1 Å². The van der Waals surface area contributed by atoms with Crippen LogP contribution in [0.1, 0.15) is 26.3 Å². The summed E-state index contributed by atoms with van der Waals surface area (Å²) in [7, 11) is 1.60. The van der Waals surface area contributed by atoms with E-state index in [0.29, 0.717) is 12.3 Å². The number of benzene rings is 1. The van der Waals surface area contributed by atoms with E-state index in [0.717, 1.165) is 12.1 Å². The minimum Gasteiger partial charge on any atom is -0.496 e. The molecule has 0 bridgehead atoms. The van der Waals surface area contributed by atoms with E-state index in [1.54, 1.807) is 13.2 Å². The number of halogens is 1.